The molecule has 0 aliphatic carbocycles. The number of amides is 3. The van der Waals surface area contributed by atoms with Gasteiger partial charge in [0.1, 0.15) is 12.9 Å². The van der Waals surface area contributed by atoms with Crippen LogP contribution in [0, 0.1) is 0 Å². The van der Waals surface area contributed by atoms with E-state index in [2.05, 4.69) is 30.4 Å². The lowest BCUT2D eigenvalue weighted by atomic mass is 10.0. The number of rotatable bonds is 12. The Morgan fingerprint density at radius 2 is 1.88 bits per heavy atom. The van der Waals surface area contributed by atoms with Crippen LogP contribution in [0.1, 0.15) is 25.3 Å². The van der Waals surface area contributed by atoms with Crippen molar-refractivity contribution in [3.8, 4) is 0 Å². The van der Waals surface area contributed by atoms with Crippen LogP contribution in [0.5, 0.6) is 0 Å². The maximum atomic E-state index is 12.7. The summed E-state index contributed by atoms with van der Waals surface area (Å²) in [6, 6.07) is 9.93. The lowest BCUT2D eigenvalue weighted by molar-refractivity contribution is -0.147. The van der Waals surface area contributed by atoms with Crippen molar-refractivity contribution >= 4 is 26.0 Å². The maximum Gasteiger partial charge on any atom is 0.333 e. The molecule has 1 aliphatic rings. The van der Waals surface area contributed by atoms with Gasteiger partial charge in [0.2, 0.25) is 5.91 Å². The fourth-order valence-corrected chi connectivity index (χ4v) is 4.06. The van der Waals surface area contributed by atoms with Gasteiger partial charge in [0, 0.05) is 21.1 Å². The van der Waals surface area contributed by atoms with Crippen molar-refractivity contribution in [1.29, 1.82) is 0 Å². The SMILES string of the molecule is CCOC(=O)CCC(=O)N1C[C@@H](OCOCC[Si](C)(C)C)[C@@H](Cc2ccccc2)NC(=O)N1. The number of nitrogens with zero attached hydrogens (tertiary/aromatic N) is 1. The minimum Gasteiger partial charge on any atom is -0.466 e. The lowest BCUT2D eigenvalue weighted by Crippen LogP contribution is -2.48. The summed E-state index contributed by atoms with van der Waals surface area (Å²) in [4.78, 5) is 36.8. The number of urea groups is 1. The second-order valence-electron chi connectivity index (χ2n) is 9.23. The van der Waals surface area contributed by atoms with Crippen molar-refractivity contribution < 1.29 is 28.6 Å². The summed E-state index contributed by atoms with van der Waals surface area (Å²) >= 11 is 0. The van der Waals surface area contributed by atoms with E-state index in [9.17, 15) is 14.4 Å². The summed E-state index contributed by atoms with van der Waals surface area (Å²) in [6.07, 6.45) is -0.0752. The molecule has 0 spiro atoms. The van der Waals surface area contributed by atoms with Gasteiger partial charge in [0.15, 0.2) is 0 Å². The number of hydrogen-bond donors (Lipinski definition) is 2. The number of ether oxygens (including phenoxy) is 3. The van der Waals surface area contributed by atoms with E-state index < -0.39 is 26.2 Å². The normalized spacial score (nSPS) is 18.8. The lowest BCUT2D eigenvalue weighted by Gasteiger charge is -2.27. The summed E-state index contributed by atoms with van der Waals surface area (Å²) < 4.78 is 16.6. The van der Waals surface area contributed by atoms with Crippen LogP contribution in [0.2, 0.25) is 25.7 Å². The zero-order valence-corrected chi connectivity index (χ0v) is 21.1. The topological polar surface area (TPSA) is 106 Å². The second-order valence-corrected chi connectivity index (χ2v) is 14.9. The molecule has 1 fully saturated rings. The summed E-state index contributed by atoms with van der Waals surface area (Å²) in [5.74, 6) is -0.831. The second kappa shape index (κ2) is 13.3. The molecule has 1 heterocycles. The Kier molecular flexibility index (Phi) is 10.8. The van der Waals surface area contributed by atoms with E-state index in [1.54, 1.807) is 6.92 Å². The molecular formula is C23H37N3O6Si. The summed E-state index contributed by atoms with van der Waals surface area (Å²) in [6.45, 7) is 9.61. The Morgan fingerprint density at radius 1 is 1.15 bits per heavy atom. The molecule has 2 atom stereocenters. The van der Waals surface area contributed by atoms with Crippen molar-refractivity contribution in [2.24, 2.45) is 0 Å². The fraction of sp³-hybridized carbons (Fsp3) is 0.609. The summed E-state index contributed by atoms with van der Waals surface area (Å²) in [5.41, 5.74) is 3.61. The zero-order chi connectivity index (χ0) is 24.3. The van der Waals surface area contributed by atoms with Gasteiger partial charge < -0.3 is 19.5 Å². The smallest absolute Gasteiger partial charge is 0.333 e. The number of esters is 1. The predicted molar refractivity (Wildman–Crippen MR) is 127 cm³/mol. The highest BCUT2D eigenvalue weighted by molar-refractivity contribution is 6.76. The van der Waals surface area contributed by atoms with E-state index >= 15 is 0 Å². The third-order valence-electron chi connectivity index (χ3n) is 5.17. The molecule has 0 saturated carbocycles. The van der Waals surface area contributed by atoms with Gasteiger partial charge in [-0.15, -0.1) is 0 Å². The monoisotopic (exact) mass is 479 g/mol. The van der Waals surface area contributed by atoms with Gasteiger partial charge in [-0.25, -0.2) is 15.2 Å². The van der Waals surface area contributed by atoms with Crippen LogP contribution in [0.25, 0.3) is 0 Å². The molecule has 1 aromatic rings. The number of hydrazine groups is 1. The van der Waals surface area contributed by atoms with E-state index in [-0.39, 0.29) is 44.7 Å². The quantitative estimate of drug-likeness (QED) is 0.207. The molecule has 33 heavy (non-hydrogen) atoms. The number of carbonyl (C=O) groups excluding carboxylic acids is 3. The van der Waals surface area contributed by atoms with Gasteiger partial charge >= 0.3 is 12.0 Å². The van der Waals surface area contributed by atoms with Crippen LogP contribution in [-0.2, 0) is 30.2 Å². The molecule has 0 radical (unpaired) electrons. The summed E-state index contributed by atoms with van der Waals surface area (Å²) in [7, 11) is -1.22. The third kappa shape index (κ3) is 10.4. The molecule has 9 nitrogen and oxygen atoms in total. The first-order chi connectivity index (χ1) is 15.7. The largest absolute Gasteiger partial charge is 0.466 e. The summed E-state index contributed by atoms with van der Waals surface area (Å²) in [5, 5.41) is 4.12. The highest BCUT2D eigenvalue weighted by atomic mass is 28.3. The number of nitrogens with one attached hydrogen (secondary N) is 2. The Bertz CT molecular complexity index is 771. The Labute approximate surface area is 197 Å². The Balaban J connectivity index is 2.04. The molecule has 2 N–H and O–H groups in total. The van der Waals surface area contributed by atoms with Gasteiger partial charge in [0.25, 0.3) is 0 Å². The van der Waals surface area contributed by atoms with Crippen molar-refractivity contribution in [3.05, 3.63) is 35.9 Å². The standard InChI is InChI=1S/C23H37N3O6Si/c1-5-31-22(28)12-11-21(27)26-16-20(32-17-30-13-14-33(2,3)4)19(24-23(29)25-26)15-18-9-7-6-8-10-18/h6-10,19-20H,5,11-17H2,1-4H3,(H2,24,25,29)/t19-,20-/m1/s1. The van der Waals surface area contributed by atoms with Gasteiger partial charge in [0.05, 0.1) is 25.6 Å². The molecular weight excluding hydrogens is 442 g/mol. The van der Waals surface area contributed by atoms with Gasteiger partial charge in [-0.05, 0) is 25.0 Å². The molecule has 1 saturated heterocycles. The Hall–Kier alpha value is -2.43. The van der Waals surface area contributed by atoms with Crippen molar-refractivity contribution in [2.75, 3.05) is 26.6 Å². The van der Waals surface area contributed by atoms with Gasteiger partial charge in [-0.1, -0.05) is 50.0 Å². The van der Waals surface area contributed by atoms with Crippen LogP contribution in [0.15, 0.2) is 30.3 Å². The minimum atomic E-state index is -1.22. The average molecular weight is 480 g/mol. The molecule has 1 aromatic carbocycles. The predicted octanol–water partition coefficient (Wildman–Crippen LogP) is 2.69. The molecule has 3 amide bonds. The molecule has 1 aliphatic heterocycles. The van der Waals surface area contributed by atoms with Gasteiger partial charge in [-0.3, -0.25) is 9.59 Å². The van der Waals surface area contributed by atoms with E-state index in [1.807, 2.05) is 30.3 Å². The van der Waals surface area contributed by atoms with Crippen molar-refractivity contribution in [2.45, 2.75) is 64.0 Å². The molecule has 0 bridgehead atoms. The maximum absolute atomic E-state index is 12.7. The molecule has 0 aromatic heterocycles. The van der Waals surface area contributed by atoms with Gasteiger partial charge in [-0.2, -0.15) is 0 Å². The van der Waals surface area contributed by atoms with Crippen LogP contribution < -0.4 is 10.7 Å². The van der Waals surface area contributed by atoms with Crippen LogP contribution >= 0.6 is 0 Å². The number of carbonyl (C=O) groups is 3. The molecule has 2 rings (SSSR count). The third-order valence-corrected chi connectivity index (χ3v) is 6.88. The molecule has 10 heteroatoms. The average Bonchev–Trinajstić information content (AvgIpc) is 2.90. The van der Waals surface area contributed by atoms with Crippen LogP contribution in [-0.4, -0.2) is 69.7 Å². The van der Waals surface area contributed by atoms with Crippen LogP contribution in [0.4, 0.5) is 4.79 Å². The van der Waals surface area contributed by atoms with E-state index in [0.29, 0.717) is 13.0 Å². The van der Waals surface area contributed by atoms with Crippen molar-refractivity contribution in [3.63, 3.8) is 0 Å². The first kappa shape index (κ1) is 26.8. The molecule has 184 valence electrons. The number of benzene rings is 1. The van der Waals surface area contributed by atoms with E-state index in [4.69, 9.17) is 14.2 Å². The highest BCUT2D eigenvalue weighted by Gasteiger charge is 2.33. The van der Waals surface area contributed by atoms with E-state index in [1.165, 1.54) is 5.01 Å². The number of hydrogen-bond acceptors (Lipinski definition) is 6. The highest BCUT2D eigenvalue weighted by Crippen LogP contribution is 2.14. The zero-order valence-electron chi connectivity index (χ0n) is 20.1. The first-order valence-corrected chi connectivity index (χ1v) is 15.1. The molecule has 0 unspecified atom stereocenters. The van der Waals surface area contributed by atoms with Crippen LogP contribution in [0.3, 0.4) is 0 Å². The van der Waals surface area contributed by atoms with E-state index in [0.717, 1.165) is 11.6 Å². The Morgan fingerprint density at radius 3 is 2.55 bits per heavy atom. The first-order valence-electron chi connectivity index (χ1n) is 11.4. The minimum absolute atomic E-state index is 0.0504. The van der Waals surface area contributed by atoms with Crippen molar-refractivity contribution in [1.82, 2.24) is 15.8 Å². The fourth-order valence-electron chi connectivity index (χ4n) is 3.30.